The van der Waals surface area contributed by atoms with Gasteiger partial charge in [-0.15, -0.1) is 12.6 Å². The number of hydrogen-bond acceptors (Lipinski definition) is 2. The maximum Gasteiger partial charge on any atom is 0.330 e. The summed E-state index contributed by atoms with van der Waals surface area (Å²) in [6.07, 6.45) is 2.68. The fraction of sp³-hybridized carbons (Fsp3) is 0.200. The van der Waals surface area contributed by atoms with Crippen LogP contribution in [0.15, 0.2) is 54.1 Å². The molecule has 1 aromatic rings. The van der Waals surface area contributed by atoms with Gasteiger partial charge >= 0.3 is 5.97 Å². The van der Waals surface area contributed by atoms with E-state index >= 15 is 0 Å². The summed E-state index contributed by atoms with van der Waals surface area (Å²) in [5.41, 5.74) is 2.08. The van der Waals surface area contributed by atoms with Gasteiger partial charge in [-0.3, -0.25) is 4.79 Å². The Bertz CT molecular complexity index is 463. The van der Waals surface area contributed by atoms with Gasteiger partial charge in [0.05, 0.1) is 0 Å². The summed E-state index contributed by atoms with van der Waals surface area (Å²) < 4.78 is 0. The van der Waals surface area contributed by atoms with Crippen LogP contribution in [0.3, 0.4) is 0 Å². The molecule has 0 radical (unpaired) electrons. The van der Waals surface area contributed by atoms with E-state index in [0.29, 0.717) is 5.57 Å². The van der Waals surface area contributed by atoms with Gasteiger partial charge in [-0.1, -0.05) is 43.0 Å². The number of hydrogen-bond donors (Lipinski definition) is 2. The molecule has 0 aromatic heterocycles. The van der Waals surface area contributed by atoms with Gasteiger partial charge in [0.25, 0.3) is 0 Å². The van der Waals surface area contributed by atoms with Crippen molar-refractivity contribution in [1.82, 2.24) is 0 Å². The highest BCUT2D eigenvalue weighted by Crippen LogP contribution is 2.04. The molecular weight excluding hydrogens is 260 g/mol. The molecule has 0 saturated heterocycles. The molecule has 4 heteroatoms. The first-order chi connectivity index (χ1) is 8.84. The Morgan fingerprint density at radius 3 is 2.11 bits per heavy atom. The Hall–Kier alpha value is -1.81. The molecule has 1 N–H and O–H groups in total. The van der Waals surface area contributed by atoms with Gasteiger partial charge in [0.1, 0.15) is 0 Å². The highest BCUT2D eigenvalue weighted by atomic mass is 32.1. The number of rotatable bonds is 4. The molecule has 3 nitrogen and oxygen atoms in total. The summed E-state index contributed by atoms with van der Waals surface area (Å²) >= 11 is 3.73. The highest BCUT2D eigenvalue weighted by molar-refractivity contribution is 7.97. The van der Waals surface area contributed by atoms with Gasteiger partial charge < -0.3 is 5.11 Å². The van der Waals surface area contributed by atoms with Crippen molar-refractivity contribution in [2.45, 2.75) is 20.3 Å². The normalized spacial score (nSPS) is 10.2. The monoisotopic (exact) mass is 278 g/mol. The summed E-state index contributed by atoms with van der Waals surface area (Å²) in [6.45, 7) is 6.38. The zero-order valence-electron chi connectivity index (χ0n) is 11.1. The molecule has 1 aromatic carbocycles. The number of benzene rings is 1. The van der Waals surface area contributed by atoms with Crippen LogP contribution in [0.1, 0.15) is 19.4 Å². The van der Waals surface area contributed by atoms with Crippen LogP contribution < -0.4 is 0 Å². The minimum atomic E-state index is -0.935. The zero-order valence-corrected chi connectivity index (χ0v) is 12.0. The average Bonchev–Trinajstić information content (AvgIpc) is 2.37. The standard InChI is InChI=1S/C11H12OS.C4H6O2/c1-9(11(12)13)7-8-10-5-3-2-4-6-10;1-3(2)4(5)6/h2-7H,8H2,1H3,(H,12,13);1H2,2H3,(H,5,6). The molecule has 0 bridgehead atoms. The second kappa shape index (κ2) is 9.16. The largest absolute Gasteiger partial charge is 0.478 e. The average molecular weight is 278 g/mol. The lowest BCUT2D eigenvalue weighted by atomic mass is 10.1. The van der Waals surface area contributed by atoms with E-state index in [0.717, 1.165) is 6.42 Å². The van der Waals surface area contributed by atoms with Gasteiger partial charge in [0, 0.05) is 5.57 Å². The number of carboxylic acids is 1. The van der Waals surface area contributed by atoms with Crippen molar-refractivity contribution < 1.29 is 14.7 Å². The molecule has 19 heavy (non-hydrogen) atoms. The van der Waals surface area contributed by atoms with Crippen molar-refractivity contribution in [3.63, 3.8) is 0 Å². The van der Waals surface area contributed by atoms with Crippen LogP contribution in [0.4, 0.5) is 0 Å². The van der Waals surface area contributed by atoms with E-state index < -0.39 is 5.97 Å². The van der Waals surface area contributed by atoms with Crippen molar-refractivity contribution in [1.29, 1.82) is 0 Å². The molecule has 0 heterocycles. The van der Waals surface area contributed by atoms with Crippen molar-refractivity contribution in [2.75, 3.05) is 0 Å². The maximum atomic E-state index is 10.8. The first-order valence-electron chi connectivity index (χ1n) is 5.67. The van der Waals surface area contributed by atoms with E-state index in [1.54, 1.807) is 6.92 Å². The van der Waals surface area contributed by atoms with Gasteiger partial charge in [-0.2, -0.15) is 0 Å². The van der Waals surface area contributed by atoms with E-state index in [4.69, 9.17) is 5.11 Å². The smallest absolute Gasteiger partial charge is 0.330 e. The molecule has 0 aliphatic carbocycles. The van der Waals surface area contributed by atoms with Crippen molar-refractivity contribution >= 4 is 23.7 Å². The summed E-state index contributed by atoms with van der Waals surface area (Å²) in [5, 5.41) is 7.73. The second-order valence-electron chi connectivity index (χ2n) is 3.97. The maximum absolute atomic E-state index is 10.8. The van der Waals surface area contributed by atoms with Crippen molar-refractivity contribution in [3.05, 3.63) is 59.7 Å². The van der Waals surface area contributed by atoms with Crippen molar-refractivity contribution in [2.24, 2.45) is 0 Å². The molecular formula is C15H18O3S. The molecule has 0 fully saturated rings. The third-order valence-electron chi connectivity index (χ3n) is 2.19. The van der Waals surface area contributed by atoms with Gasteiger partial charge in [-0.25, -0.2) is 4.79 Å². The lowest BCUT2D eigenvalue weighted by Crippen LogP contribution is -1.92. The Morgan fingerprint density at radius 1 is 1.26 bits per heavy atom. The van der Waals surface area contributed by atoms with Crippen molar-refractivity contribution in [3.8, 4) is 0 Å². The predicted octanol–water partition coefficient (Wildman–Crippen LogP) is 3.28. The Morgan fingerprint density at radius 2 is 1.74 bits per heavy atom. The first kappa shape index (κ1) is 17.2. The molecule has 0 atom stereocenters. The molecule has 0 aliphatic rings. The predicted molar refractivity (Wildman–Crippen MR) is 80.3 cm³/mol. The molecule has 102 valence electrons. The van der Waals surface area contributed by atoms with Crippen LogP contribution >= 0.6 is 12.6 Å². The Kier molecular flexibility index (Phi) is 8.29. The number of carboxylic acid groups (broad SMARTS) is 1. The van der Waals surface area contributed by atoms with Crippen LogP contribution in [0, 0.1) is 0 Å². The summed E-state index contributed by atoms with van der Waals surface area (Å²) in [5.74, 6) is -0.935. The van der Waals surface area contributed by atoms with E-state index in [9.17, 15) is 9.59 Å². The molecule has 0 unspecified atom stereocenters. The molecule has 0 aliphatic heterocycles. The fourth-order valence-corrected chi connectivity index (χ4v) is 1.06. The molecule has 0 saturated carbocycles. The zero-order chi connectivity index (χ0) is 14.8. The Balaban J connectivity index is 0.000000459. The van der Waals surface area contributed by atoms with Gasteiger partial charge in [0.15, 0.2) is 0 Å². The van der Waals surface area contributed by atoms with Crippen LogP contribution in [-0.2, 0) is 16.0 Å². The van der Waals surface area contributed by atoms with E-state index in [1.165, 1.54) is 12.5 Å². The molecule has 1 rings (SSSR count). The Labute approximate surface area is 119 Å². The van der Waals surface area contributed by atoms with Crippen LogP contribution in [0.25, 0.3) is 0 Å². The minimum absolute atomic E-state index is 0.157. The minimum Gasteiger partial charge on any atom is -0.478 e. The second-order valence-corrected chi connectivity index (χ2v) is 4.37. The third-order valence-corrected chi connectivity index (χ3v) is 2.54. The number of aliphatic carboxylic acids is 1. The van der Waals surface area contributed by atoms with Gasteiger partial charge in [0.2, 0.25) is 5.12 Å². The number of thiol groups is 1. The number of carbonyl (C=O) groups is 2. The third kappa shape index (κ3) is 8.85. The first-order valence-corrected chi connectivity index (χ1v) is 6.12. The summed E-state index contributed by atoms with van der Waals surface area (Å²) in [6, 6.07) is 10.0. The summed E-state index contributed by atoms with van der Waals surface area (Å²) in [4.78, 5) is 20.4. The van der Waals surface area contributed by atoms with Crippen LogP contribution in [-0.4, -0.2) is 16.2 Å². The SMILES string of the molecule is C=C(C)C(=O)O.CC(=CCc1ccccc1)C(=O)S. The fourth-order valence-electron chi connectivity index (χ4n) is 0.972. The van der Waals surface area contributed by atoms with Gasteiger partial charge in [-0.05, 0) is 31.4 Å². The van der Waals surface area contributed by atoms with E-state index in [2.05, 4.69) is 19.2 Å². The van der Waals surface area contributed by atoms with Crippen LogP contribution in [0.2, 0.25) is 0 Å². The highest BCUT2D eigenvalue weighted by Gasteiger charge is 1.95. The lowest BCUT2D eigenvalue weighted by molar-refractivity contribution is -0.132. The lowest BCUT2D eigenvalue weighted by Gasteiger charge is -1.96. The topological polar surface area (TPSA) is 54.4 Å². The molecule has 0 amide bonds. The number of carbonyl (C=O) groups excluding carboxylic acids is 1. The quantitative estimate of drug-likeness (QED) is 0.656. The number of allylic oxidation sites excluding steroid dienone is 1. The molecule has 0 spiro atoms. The van der Waals surface area contributed by atoms with Crippen LogP contribution in [0.5, 0.6) is 0 Å². The van der Waals surface area contributed by atoms with E-state index in [1.807, 2.05) is 36.4 Å². The van der Waals surface area contributed by atoms with E-state index in [-0.39, 0.29) is 10.7 Å². The summed E-state index contributed by atoms with van der Waals surface area (Å²) in [7, 11) is 0.